The Kier molecular flexibility index (Phi) is 5.66. The third kappa shape index (κ3) is 4.49. The molecule has 1 aliphatic rings. The molecule has 17 heavy (non-hydrogen) atoms. The SMILES string of the molecule is COC(=O)[C@H]1CCCC[C@@H]1CC(=O)CC(C)C. The van der Waals surface area contributed by atoms with Crippen molar-refractivity contribution >= 4 is 11.8 Å². The van der Waals surface area contributed by atoms with Crippen molar-refractivity contribution < 1.29 is 14.3 Å². The van der Waals surface area contributed by atoms with E-state index in [0.717, 1.165) is 25.7 Å². The van der Waals surface area contributed by atoms with Gasteiger partial charge in [-0.15, -0.1) is 0 Å². The number of Topliss-reactive ketones (excluding diaryl/α,β-unsaturated/α-hetero) is 1. The van der Waals surface area contributed by atoms with Crippen molar-refractivity contribution in [3.05, 3.63) is 0 Å². The zero-order valence-electron chi connectivity index (χ0n) is 11.2. The van der Waals surface area contributed by atoms with Crippen LogP contribution in [0.3, 0.4) is 0 Å². The summed E-state index contributed by atoms with van der Waals surface area (Å²) in [6.07, 6.45) is 5.26. The van der Waals surface area contributed by atoms with Gasteiger partial charge in [0.05, 0.1) is 13.0 Å². The third-order valence-corrected chi connectivity index (χ3v) is 3.54. The van der Waals surface area contributed by atoms with E-state index >= 15 is 0 Å². The van der Waals surface area contributed by atoms with Crippen LogP contribution in [0.25, 0.3) is 0 Å². The van der Waals surface area contributed by atoms with Crippen molar-refractivity contribution in [3.8, 4) is 0 Å². The van der Waals surface area contributed by atoms with Gasteiger partial charge in [0.2, 0.25) is 0 Å². The number of methoxy groups -OCH3 is 1. The van der Waals surface area contributed by atoms with Crippen LogP contribution in [0.1, 0.15) is 52.4 Å². The van der Waals surface area contributed by atoms with Gasteiger partial charge in [0.1, 0.15) is 5.78 Å². The normalized spacial score (nSPS) is 24.7. The topological polar surface area (TPSA) is 43.4 Å². The fourth-order valence-electron chi connectivity index (χ4n) is 2.74. The number of ether oxygens (including phenoxy) is 1. The maximum atomic E-state index is 11.8. The van der Waals surface area contributed by atoms with E-state index in [-0.39, 0.29) is 17.8 Å². The highest BCUT2D eigenvalue weighted by atomic mass is 16.5. The summed E-state index contributed by atoms with van der Waals surface area (Å²) in [5.41, 5.74) is 0. The minimum atomic E-state index is -0.132. The van der Waals surface area contributed by atoms with Gasteiger partial charge >= 0.3 is 5.97 Å². The number of carbonyl (C=O) groups is 2. The van der Waals surface area contributed by atoms with Crippen LogP contribution in [0.5, 0.6) is 0 Å². The maximum Gasteiger partial charge on any atom is 0.308 e. The summed E-state index contributed by atoms with van der Waals surface area (Å²) in [6, 6.07) is 0. The van der Waals surface area contributed by atoms with Crippen LogP contribution in [0.2, 0.25) is 0 Å². The van der Waals surface area contributed by atoms with Crippen LogP contribution in [0, 0.1) is 17.8 Å². The molecule has 2 atom stereocenters. The van der Waals surface area contributed by atoms with Crippen molar-refractivity contribution in [2.45, 2.75) is 52.4 Å². The smallest absolute Gasteiger partial charge is 0.308 e. The zero-order valence-corrected chi connectivity index (χ0v) is 11.2. The number of hydrogen-bond acceptors (Lipinski definition) is 3. The van der Waals surface area contributed by atoms with E-state index in [1.54, 1.807) is 0 Å². The van der Waals surface area contributed by atoms with E-state index in [1.165, 1.54) is 7.11 Å². The quantitative estimate of drug-likeness (QED) is 0.694. The van der Waals surface area contributed by atoms with Gasteiger partial charge < -0.3 is 4.74 Å². The minimum absolute atomic E-state index is 0.0511. The lowest BCUT2D eigenvalue weighted by Crippen LogP contribution is -2.30. The summed E-state index contributed by atoms with van der Waals surface area (Å²) in [4.78, 5) is 23.5. The minimum Gasteiger partial charge on any atom is -0.469 e. The molecular formula is C14H24O3. The van der Waals surface area contributed by atoms with Gasteiger partial charge in [-0.05, 0) is 24.7 Å². The first-order chi connectivity index (χ1) is 8.04. The first kappa shape index (κ1) is 14.2. The Morgan fingerprint density at radius 1 is 1.24 bits per heavy atom. The highest BCUT2D eigenvalue weighted by molar-refractivity contribution is 5.80. The lowest BCUT2D eigenvalue weighted by molar-refractivity contribution is -0.149. The summed E-state index contributed by atoms with van der Waals surface area (Å²) in [5, 5.41) is 0. The molecule has 0 aromatic rings. The Hall–Kier alpha value is -0.860. The maximum absolute atomic E-state index is 11.8. The molecule has 1 saturated carbocycles. The van der Waals surface area contributed by atoms with Crippen LogP contribution in [0.15, 0.2) is 0 Å². The van der Waals surface area contributed by atoms with E-state index in [0.29, 0.717) is 24.5 Å². The molecular weight excluding hydrogens is 216 g/mol. The first-order valence-electron chi connectivity index (χ1n) is 6.64. The molecule has 0 aromatic heterocycles. The highest BCUT2D eigenvalue weighted by Crippen LogP contribution is 2.33. The molecule has 0 spiro atoms. The Morgan fingerprint density at radius 2 is 1.88 bits per heavy atom. The van der Waals surface area contributed by atoms with Crippen molar-refractivity contribution in [3.63, 3.8) is 0 Å². The molecule has 0 heterocycles. The summed E-state index contributed by atoms with van der Waals surface area (Å²) in [7, 11) is 1.43. The summed E-state index contributed by atoms with van der Waals surface area (Å²) < 4.78 is 4.83. The molecule has 98 valence electrons. The Bertz CT molecular complexity index is 271. The monoisotopic (exact) mass is 240 g/mol. The van der Waals surface area contributed by atoms with Crippen LogP contribution in [-0.4, -0.2) is 18.9 Å². The molecule has 1 fully saturated rings. The first-order valence-corrected chi connectivity index (χ1v) is 6.64. The van der Waals surface area contributed by atoms with Gasteiger partial charge in [-0.1, -0.05) is 26.7 Å². The fourth-order valence-corrected chi connectivity index (χ4v) is 2.74. The second-order valence-electron chi connectivity index (χ2n) is 5.51. The Labute approximate surface area is 104 Å². The highest BCUT2D eigenvalue weighted by Gasteiger charge is 2.32. The predicted octanol–water partition coefficient (Wildman–Crippen LogP) is 2.97. The van der Waals surface area contributed by atoms with Crippen LogP contribution in [-0.2, 0) is 14.3 Å². The number of esters is 1. The molecule has 0 N–H and O–H groups in total. The third-order valence-electron chi connectivity index (χ3n) is 3.54. The molecule has 0 aliphatic heterocycles. The number of ketones is 1. The summed E-state index contributed by atoms with van der Waals surface area (Å²) >= 11 is 0. The van der Waals surface area contributed by atoms with Crippen molar-refractivity contribution in [2.75, 3.05) is 7.11 Å². The molecule has 1 rings (SSSR count). The van der Waals surface area contributed by atoms with Gasteiger partial charge in [-0.3, -0.25) is 9.59 Å². The number of carbonyl (C=O) groups excluding carboxylic acids is 2. The largest absolute Gasteiger partial charge is 0.469 e. The van der Waals surface area contributed by atoms with E-state index in [1.807, 2.05) is 0 Å². The van der Waals surface area contributed by atoms with Gasteiger partial charge in [0.25, 0.3) is 0 Å². The lowest BCUT2D eigenvalue weighted by atomic mass is 9.76. The summed E-state index contributed by atoms with van der Waals surface area (Å²) in [6.45, 7) is 4.10. The van der Waals surface area contributed by atoms with Crippen LogP contribution >= 0.6 is 0 Å². The standard InChI is InChI=1S/C14H24O3/c1-10(2)8-12(15)9-11-6-4-5-7-13(11)14(16)17-3/h10-11,13H,4-9H2,1-3H3/t11-,13+/m1/s1. The molecule has 0 aromatic carbocycles. The lowest BCUT2D eigenvalue weighted by Gasteiger charge is -2.29. The summed E-state index contributed by atoms with van der Waals surface area (Å²) in [5.74, 6) is 0.725. The average molecular weight is 240 g/mol. The molecule has 3 heteroatoms. The fraction of sp³-hybridized carbons (Fsp3) is 0.857. The van der Waals surface area contributed by atoms with E-state index in [4.69, 9.17) is 4.74 Å². The molecule has 0 bridgehead atoms. The second-order valence-corrected chi connectivity index (χ2v) is 5.51. The van der Waals surface area contributed by atoms with Gasteiger partial charge in [-0.25, -0.2) is 0 Å². The van der Waals surface area contributed by atoms with E-state index < -0.39 is 0 Å². The van der Waals surface area contributed by atoms with E-state index in [9.17, 15) is 9.59 Å². The average Bonchev–Trinajstić information content (AvgIpc) is 2.27. The number of hydrogen-bond donors (Lipinski definition) is 0. The molecule has 0 unspecified atom stereocenters. The zero-order chi connectivity index (χ0) is 12.8. The molecule has 0 radical (unpaired) electrons. The van der Waals surface area contributed by atoms with Crippen molar-refractivity contribution in [1.29, 1.82) is 0 Å². The number of rotatable bonds is 5. The Morgan fingerprint density at radius 3 is 2.47 bits per heavy atom. The Balaban J connectivity index is 2.53. The second kappa shape index (κ2) is 6.77. The molecule has 0 amide bonds. The molecule has 3 nitrogen and oxygen atoms in total. The van der Waals surface area contributed by atoms with Gasteiger partial charge in [0, 0.05) is 12.8 Å². The van der Waals surface area contributed by atoms with Crippen molar-refractivity contribution in [2.24, 2.45) is 17.8 Å². The van der Waals surface area contributed by atoms with Gasteiger partial charge in [0.15, 0.2) is 0 Å². The van der Waals surface area contributed by atoms with Crippen LogP contribution < -0.4 is 0 Å². The molecule has 0 saturated heterocycles. The van der Waals surface area contributed by atoms with Crippen LogP contribution in [0.4, 0.5) is 0 Å². The predicted molar refractivity (Wildman–Crippen MR) is 66.5 cm³/mol. The molecule has 1 aliphatic carbocycles. The van der Waals surface area contributed by atoms with E-state index in [2.05, 4.69) is 13.8 Å². The van der Waals surface area contributed by atoms with Gasteiger partial charge in [-0.2, -0.15) is 0 Å². The van der Waals surface area contributed by atoms with Crippen molar-refractivity contribution in [1.82, 2.24) is 0 Å².